The summed E-state index contributed by atoms with van der Waals surface area (Å²) < 4.78 is 11.7. The summed E-state index contributed by atoms with van der Waals surface area (Å²) >= 11 is 5.46. The Balaban J connectivity index is 2.04. The number of hydrogen-bond donors (Lipinski definition) is 2. The molecule has 2 aromatic carbocycles. The van der Waals surface area contributed by atoms with Crippen LogP contribution in [0.3, 0.4) is 0 Å². The molecule has 0 aromatic heterocycles. The molecule has 3 rings (SSSR count). The first-order chi connectivity index (χ1) is 14.5. The summed E-state index contributed by atoms with van der Waals surface area (Å²) in [6.45, 7) is 6.81. The Morgan fingerprint density at radius 1 is 1.07 bits per heavy atom. The van der Waals surface area contributed by atoms with Crippen LogP contribution in [-0.2, 0) is 4.79 Å². The summed E-state index contributed by atoms with van der Waals surface area (Å²) in [5, 5.41) is 6.90. The lowest BCUT2D eigenvalue weighted by Crippen LogP contribution is -2.44. The van der Waals surface area contributed by atoms with Gasteiger partial charge in [-0.3, -0.25) is 4.79 Å². The highest BCUT2D eigenvalue weighted by Gasteiger charge is 2.30. The number of ether oxygens (including phenoxy) is 2. The molecule has 1 aliphatic heterocycles. The van der Waals surface area contributed by atoms with Gasteiger partial charge in [0.05, 0.1) is 25.0 Å². The molecule has 0 unspecified atom stereocenters. The molecule has 1 heterocycles. The fraction of sp³-hybridized carbons (Fsp3) is 0.333. The highest BCUT2D eigenvalue weighted by Crippen LogP contribution is 2.36. The van der Waals surface area contributed by atoms with Crippen molar-refractivity contribution >= 4 is 28.8 Å². The van der Waals surface area contributed by atoms with Gasteiger partial charge in [0.25, 0.3) is 0 Å². The summed E-state index contributed by atoms with van der Waals surface area (Å²) in [4.78, 5) is 12.7. The van der Waals surface area contributed by atoms with Gasteiger partial charge in [-0.15, -0.1) is 0 Å². The second-order valence-corrected chi connectivity index (χ2v) is 7.49. The van der Waals surface area contributed by atoms with Crippen molar-refractivity contribution in [3.05, 3.63) is 65.2 Å². The number of carbonyl (C=O) groups excluding carboxylic acids is 1. The summed E-state index contributed by atoms with van der Waals surface area (Å²) in [6, 6.07) is 15.2. The first-order valence-electron chi connectivity index (χ1n) is 10.3. The number of thiocarbonyl (C=S) groups is 1. The maximum atomic E-state index is 12.7. The molecule has 0 spiro atoms. The number of rotatable bonds is 9. The second kappa shape index (κ2) is 10.3. The van der Waals surface area contributed by atoms with E-state index < -0.39 is 0 Å². The van der Waals surface area contributed by atoms with E-state index in [4.69, 9.17) is 21.7 Å². The van der Waals surface area contributed by atoms with Crippen LogP contribution >= 0.6 is 12.2 Å². The molecule has 0 bridgehead atoms. The van der Waals surface area contributed by atoms with Gasteiger partial charge in [-0.1, -0.05) is 49.7 Å². The molecule has 0 amide bonds. The van der Waals surface area contributed by atoms with Gasteiger partial charge >= 0.3 is 0 Å². The van der Waals surface area contributed by atoms with E-state index in [2.05, 4.69) is 17.6 Å². The lowest BCUT2D eigenvalue weighted by atomic mass is 9.90. The molecule has 1 aliphatic rings. The summed E-state index contributed by atoms with van der Waals surface area (Å²) in [5.41, 5.74) is 3.18. The third-order valence-electron chi connectivity index (χ3n) is 4.87. The van der Waals surface area contributed by atoms with Crippen molar-refractivity contribution < 1.29 is 14.3 Å². The Kier molecular flexibility index (Phi) is 7.46. The van der Waals surface area contributed by atoms with Crippen LogP contribution in [0.15, 0.2) is 54.1 Å². The van der Waals surface area contributed by atoms with Gasteiger partial charge in [0.2, 0.25) is 0 Å². The SMILES string of the molecule is CCCCOc1ccc([C@H]2NC(=S)NC(c3ccccc3)=C2C(C)=O)cc1OCC. The maximum Gasteiger partial charge on any atom is 0.171 e. The van der Waals surface area contributed by atoms with Crippen LogP contribution < -0.4 is 20.1 Å². The van der Waals surface area contributed by atoms with Gasteiger partial charge in [-0.25, -0.2) is 0 Å². The zero-order chi connectivity index (χ0) is 21.5. The van der Waals surface area contributed by atoms with Gasteiger partial charge in [0, 0.05) is 5.57 Å². The first-order valence-corrected chi connectivity index (χ1v) is 10.7. The predicted molar refractivity (Wildman–Crippen MR) is 124 cm³/mol. The molecule has 0 fully saturated rings. The van der Waals surface area contributed by atoms with Gasteiger partial charge in [-0.05, 0) is 55.7 Å². The minimum absolute atomic E-state index is 0.0254. The molecule has 0 saturated heterocycles. The molecular weight excluding hydrogens is 396 g/mol. The largest absolute Gasteiger partial charge is 0.490 e. The molecule has 0 saturated carbocycles. The number of unbranched alkanes of at least 4 members (excludes halogenated alkanes) is 1. The molecule has 6 heteroatoms. The van der Waals surface area contributed by atoms with Gasteiger partial charge in [-0.2, -0.15) is 0 Å². The van der Waals surface area contributed by atoms with Crippen molar-refractivity contribution in [2.24, 2.45) is 0 Å². The maximum absolute atomic E-state index is 12.7. The Hall–Kier alpha value is -2.86. The van der Waals surface area contributed by atoms with Crippen molar-refractivity contribution in [2.45, 2.75) is 39.7 Å². The number of nitrogens with one attached hydrogen (secondary N) is 2. The molecule has 2 N–H and O–H groups in total. The van der Waals surface area contributed by atoms with E-state index in [1.165, 1.54) is 0 Å². The Bertz CT molecular complexity index is 941. The fourth-order valence-corrected chi connectivity index (χ4v) is 3.66. The topological polar surface area (TPSA) is 59.6 Å². The minimum Gasteiger partial charge on any atom is -0.490 e. The highest BCUT2D eigenvalue weighted by atomic mass is 32.1. The van der Waals surface area contributed by atoms with E-state index in [0.29, 0.717) is 35.4 Å². The van der Waals surface area contributed by atoms with Crippen molar-refractivity contribution in [1.29, 1.82) is 0 Å². The van der Waals surface area contributed by atoms with E-state index in [1.807, 2.05) is 55.5 Å². The lowest BCUT2D eigenvalue weighted by Gasteiger charge is -2.31. The smallest absolute Gasteiger partial charge is 0.171 e. The predicted octanol–water partition coefficient (Wildman–Crippen LogP) is 4.78. The Morgan fingerprint density at radius 3 is 2.50 bits per heavy atom. The minimum atomic E-state index is -0.379. The molecule has 1 atom stereocenters. The highest BCUT2D eigenvalue weighted by molar-refractivity contribution is 7.80. The van der Waals surface area contributed by atoms with E-state index in [-0.39, 0.29) is 11.8 Å². The lowest BCUT2D eigenvalue weighted by molar-refractivity contribution is -0.113. The number of hydrogen-bond acceptors (Lipinski definition) is 4. The zero-order valence-corrected chi connectivity index (χ0v) is 18.5. The van der Waals surface area contributed by atoms with E-state index in [1.54, 1.807) is 6.92 Å². The third kappa shape index (κ3) is 5.00. The average Bonchev–Trinajstić information content (AvgIpc) is 2.75. The molecule has 0 aliphatic carbocycles. The third-order valence-corrected chi connectivity index (χ3v) is 5.09. The fourth-order valence-electron chi connectivity index (χ4n) is 3.44. The Labute approximate surface area is 183 Å². The number of ketones is 1. The molecule has 158 valence electrons. The molecule has 5 nitrogen and oxygen atoms in total. The molecular formula is C24H28N2O3S. The van der Waals surface area contributed by atoms with Crippen LogP contribution in [0.4, 0.5) is 0 Å². The monoisotopic (exact) mass is 424 g/mol. The van der Waals surface area contributed by atoms with Crippen molar-refractivity contribution in [3.63, 3.8) is 0 Å². The zero-order valence-electron chi connectivity index (χ0n) is 17.7. The van der Waals surface area contributed by atoms with Crippen molar-refractivity contribution in [2.75, 3.05) is 13.2 Å². The van der Waals surface area contributed by atoms with Crippen molar-refractivity contribution in [1.82, 2.24) is 10.6 Å². The first kappa shape index (κ1) is 21.8. The van der Waals surface area contributed by atoms with E-state index in [9.17, 15) is 4.79 Å². The summed E-state index contributed by atoms with van der Waals surface area (Å²) in [6.07, 6.45) is 2.04. The van der Waals surface area contributed by atoms with Gasteiger partial charge in [0.15, 0.2) is 22.4 Å². The van der Waals surface area contributed by atoms with Crippen LogP contribution in [-0.4, -0.2) is 24.1 Å². The standard InChI is InChI=1S/C24H28N2O3S/c1-4-6-14-29-19-13-12-18(15-20(19)28-5-2)23-21(16(3)27)22(25-24(30)26-23)17-10-8-7-9-11-17/h7-13,15,23H,4-6,14H2,1-3H3,(H2,25,26,30)/t23-/m1/s1. The summed E-state index contributed by atoms with van der Waals surface area (Å²) in [7, 11) is 0. The van der Waals surface area contributed by atoms with Crippen LogP contribution in [0.2, 0.25) is 0 Å². The molecule has 2 aromatic rings. The van der Waals surface area contributed by atoms with Crippen LogP contribution in [0.25, 0.3) is 5.70 Å². The van der Waals surface area contributed by atoms with Crippen LogP contribution in [0, 0.1) is 0 Å². The van der Waals surface area contributed by atoms with Gasteiger partial charge < -0.3 is 20.1 Å². The number of benzene rings is 2. The summed E-state index contributed by atoms with van der Waals surface area (Å²) in [5.74, 6) is 1.35. The van der Waals surface area contributed by atoms with Crippen molar-refractivity contribution in [3.8, 4) is 11.5 Å². The van der Waals surface area contributed by atoms with E-state index in [0.717, 1.165) is 29.7 Å². The quantitative estimate of drug-likeness (QED) is 0.446. The van der Waals surface area contributed by atoms with Crippen LogP contribution in [0.5, 0.6) is 11.5 Å². The average molecular weight is 425 g/mol. The molecule has 0 radical (unpaired) electrons. The normalized spacial score (nSPS) is 16.0. The Morgan fingerprint density at radius 2 is 1.83 bits per heavy atom. The second-order valence-electron chi connectivity index (χ2n) is 7.08. The van der Waals surface area contributed by atoms with E-state index >= 15 is 0 Å². The van der Waals surface area contributed by atoms with Crippen LogP contribution in [0.1, 0.15) is 50.8 Å². The number of Topliss-reactive ketones (excluding diaryl/α,β-unsaturated/α-hetero) is 1. The molecule has 30 heavy (non-hydrogen) atoms. The number of carbonyl (C=O) groups is 1. The van der Waals surface area contributed by atoms with Gasteiger partial charge in [0.1, 0.15) is 0 Å².